The van der Waals surface area contributed by atoms with Crippen molar-refractivity contribution in [1.29, 1.82) is 0 Å². The molecule has 0 atom stereocenters. The second-order valence-electron chi connectivity index (χ2n) is 7.90. The van der Waals surface area contributed by atoms with E-state index in [0.717, 1.165) is 24.4 Å². The number of amides is 1. The van der Waals surface area contributed by atoms with Crippen LogP contribution in [0.5, 0.6) is 0 Å². The van der Waals surface area contributed by atoms with Crippen molar-refractivity contribution >= 4 is 5.91 Å². The van der Waals surface area contributed by atoms with Crippen LogP contribution in [0.3, 0.4) is 0 Å². The molecule has 0 spiro atoms. The number of rotatable bonds is 3. The molecular formula is C22H25N3O. The number of hydrogen-bond acceptors (Lipinski definition) is 3. The third-order valence-corrected chi connectivity index (χ3v) is 6.31. The fourth-order valence-corrected chi connectivity index (χ4v) is 4.55. The van der Waals surface area contributed by atoms with Gasteiger partial charge >= 0.3 is 0 Å². The molecule has 1 aliphatic carbocycles. The third kappa shape index (κ3) is 2.82. The summed E-state index contributed by atoms with van der Waals surface area (Å²) in [5, 5.41) is 0. The molecule has 1 aromatic heterocycles. The maximum atomic E-state index is 12.6. The Bertz CT molecular complexity index is 843. The Morgan fingerprint density at radius 1 is 1.04 bits per heavy atom. The lowest BCUT2D eigenvalue weighted by Crippen LogP contribution is -2.41. The van der Waals surface area contributed by atoms with Crippen LogP contribution in [0.2, 0.25) is 0 Å². The van der Waals surface area contributed by atoms with Crippen LogP contribution >= 0.6 is 0 Å². The molecule has 2 aliphatic heterocycles. The molecule has 0 radical (unpaired) electrons. The average Bonchev–Trinajstić information content (AvgIpc) is 2.79. The van der Waals surface area contributed by atoms with Crippen LogP contribution in [-0.2, 0) is 25.9 Å². The number of pyridine rings is 1. The second-order valence-corrected chi connectivity index (χ2v) is 7.90. The van der Waals surface area contributed by atoms with Gasteiger partial charge in [0.05, 0.1) is 0 Å². The van der Waals surface area contributed by atoms with Crippen molar-refractivity contribution in [3.8, 4) is 0 Å². The smallest absolute Gasteiger partial charge is 0.273 e. The van der Waals surface area contributed by atoms with Crippen LogP contribution in [0, 0.1) is 0 Å². The summed E-state index contributed by atoms with van der Waals surface area (Å²) in [4.78, 5) is 21.4. The summed E-state index contributed by atoms with van der Waals surface area (Å²) in [6, 6.07) is 11.6. The standard InChI is InChI=1S/C22H25N3O/c26-22-21-19(3-2-10-23-21)15-25(22)14-16-6-7-17-8-11-24(20-4-1-5-20)12-9-18(17)13-16/h2-3,6-7,10,13,20H,1,4-5,8-9,11-12,14-15H2. The van der Waals surface area contributed by atoms with Crippen molar-refractivity contribution in [2.45, 2.75) is 51.2 Å². The van der Waals surface area contributed by atoms with Crippen molar-refractivity contribution in [2.75, 3.05) is 13.1 Å². The van der Waals surface area contributed by atoms with E-state index < -0.39 is 0 Å². The Hall–Kier alpha value is -2.20. The van der Waals surface area contributed by atoms with Gasteiger partial charge in [0.15, 0.2) is 0 Å². The lowest BCUT2D eigenvalue weighted by atomic mass is 9.91. The summed E-state index contributed by atoms with van der Waals surface area (Å²) in [7, 11) is 0. The van der Waals surface area contributed by atoms with E-state index in [4.69, 9.17) is 0 Å². The van der Waals surface area contributed by atoms with E-state index in [1.54, 1.807) is 6.20 Å². The molecule has 26 heavy (non-hydrogen) atoms. The number of carbonyl (C=O) groups excluding carboxylic acids is 1. The lowest BCUT2D eigenvalue weighted by molar-refractivity contribution is 0.0762. The highest BCUT2D eigenvalue weighted by Gasteiger charge is 2.29. The van der Waals surface area contributed by atoms with E-state index in [-0.39, 0.29) is 5.91 Å². The molecule has 4 heteroatoms. The van der Waals surface area contributed by atoms with Crippen molar-refractivity contribution < 1.29 is 4.79 Å². The van der Waals surface area contributed by atoms with Crippen LogP contribution in [0.25, 0.3) is 0 Å². The number of aromatic nitrogens is 1. The first kappa shape index (κ1) is 16.0. The molecule has 3 heterocycles. The predicted molar refractivity (Wildman–Crippen MR) is 101 cm³/mol. The monoisotopic (exact) mass is 347 g/mol. The van der Waals surface area contributed by atoms with Gasteiger partial charge in [0.1, 0.15) is 5.69 Å². The molecule has 0 bridgehead atoms. The van der Waals surface area contributed by atoms with Gasteiger partial charge in [-0.25, -0.2) is 0 Å². The Morgan fingerprint density at radius 2 is 1.88 bits per heavy atom. The minimum Gasteiger partial charge on any atom is -0.329 e. The zero-order chi connectivity index (χ0) is 17.5. The Labute approximate surface area is 154 Å². The summed E-state index contributed by atoms with van der Waals surface area (Å²) < 4.78 is 0. The van der Waals surface area contributed by atoms with Crippen LogP contribution in [0.4, 0.5) is 0 Å². The summed E-state index contributed by atoms with van der Waals surface area (Å²) in [6.07, 6.45) is 8.16. The van der Waals surface area contributed by atoms with Crippen LogP contribution in [0.15, 0.2) is 36.5 Å². The normalized spacial score (nSPS) is 20.5. The van der Waals surface area contributed by atoms with Gasteiger partial charge < -0.3 is 4.90 Å². The number of nitrogens with zero attached hydrogens (tertiary/aromatic N) is 3. The van der Waals surface area contributed by atoms with Gasteiger partial charge in [-0.1, -0.05) is 30.7 Å². The zero-order valence-corrected chi connectivity index (χ0v) is 15.2. The molecule has 0 N–H and O–H groups in total. The Kier molecular flexibility index (Phi) is 4.01. The largest absolute Gasteiger partial charge is 0.329 e. The van der Waals surface area contributed by atoms with Crippen molar-refractivity contribution in [2.24, 2.45) is 0 Å². The van der Waals surface area contributed by atoms with Crippen molar-refractivity contribution in [1.82, 2.24) is 14.8 Å². The number of fused-ring (bicyclic) bond motifs is 2. The summed E-state index contributed by atoms with van der Waals surface area (Å²) in [5.74, 6) is 0.0618. The number of carbonyl (C=O) groups is 1. The topological polar surface area (TPSA) is 36.4 Å². The minimum absolute atomic E-state index is 0.0618. The molecule has 1 fully saturated rings. The fourth-order valence-electron chi connectivity index (χ4n) is 4.55. The van der Waals surface area contributed by atoms with Gasteiger partial charge in [0.2, 0.25) is 0 Å². The minimum atomic E-state index is 0.0618. The molecule has 1 amide bonds. The molecule has 2 aromatic rings. The summed E-state index contributed by atoms with van der Waals surface area (Å²) >= 11 is 0. The first-order chi connectivity index (χ1) is 12.8. The number of hydrogen-bond donors (Lipinski definition) is 0. The molecule has 0 unspecified atom stereocenters. The highest BCUT2D eigenvalue weighted by molar-refractivity contribution is 5.96. The highest BCUT2D eigenvalue weighted by atomic mass is 16.2. The van der Waals surface area contributed by atoms with Crippen molar-refractivity contribution in [3.05, 3.63) is 64.5 Å². The van der Waals surface area contributed by atoms with Crippen LogP contribution in [0.1, 0.15) is 52.0 Å². The summed E-state index contributed by atoms with van der Waals surface area (Å²) in [5.41, 5.74) is 5.88. The fraction of sp³-hybridized carbons (Fsp3) is 0.455. The molecule has 0 saturated heterocycles. The van der Waals surface area contributed by atoms with E-state index >= 15 is 0 Å². The molecule has 3 aliphatic rings. The SMILES string of the molecule is O=C1c2ncccc2CN1Cc1ccc2c(c1)CCN(C1CCC1)CC2. The molecule has 134 valence electrons. The summed E-state index contributed by atoms with van der Waals surface area (Å²) in [6.45, 7) is 3.73. The Morgan fingerprint density at radius 3 is 2.65 bits per heavy atom. The van der Waals surface area contributed by atoms with Crippen LogP contribution < -0.4 is 0 Å². The van der Waals surface area contributed by atoms with Gasteiger partial charge in [-0.15, -0.1) is 0 Å². The van der Waals surface area contributed by atoms with Gasteiger partial charge in [-0.2, -0.15) is 0 Å². The molecule has 5 rings (SSSR count). The highest BCUT2D eigenvalue weighted by Crippen LogP contribution is 2.28. The predicted octanol–water partition coefficient (Wildman–Crippen LogP) is 3.19. The van der Waals surface area contributed by atoms with Crippen molar-refractivity contribution in [3.63, 3.8) is 0 Å². The van der Waals surface area contributed by atoms with Crippen LogP contribution in [-0.4, -0.2) is 39.8 Å². The molecule has 1 aromatic carbocycles. The molecule has 1 saturated carbocycles. The van der Waals surface area contributed by atoms with E-state index in [1.165, 1.54) is 49.0 Å². The van der Waals surface area contributed by atoms with Gasteiger partial charge in [0, 0.05) is 44.0 Å². The number of benzene rings is 1. The van der Waals surface area contributed by atoms with Gasteiger partial charge in [-0.05, 0) is 48.4 Å². The quantitative estimate of drug-likeness (QED) is 0.856. The Balaban J connectivity index is 1.30. The maximum Gasteiger partial charge on any atom is 0.273 e. The van der Waals surface area contributed by atoms with Gasteiger partial charge in [-0.3, -0.25) is 14.7 Å². The molecule has 4 nitrogen and oxygen atoms in total. The molecular weight excluding hydrogens is 322 g/mol. The van der Waals surface area contributed by atoms with E-state index in [9.17, 15) is 4.79 Å². The first-order valence-corrected chi connectivity index (χ1v) is 9.86. The second kappa shape index (κ2) is 6.51. The van der Waals surface area contributed by atoms with E-state index in [2.05, 4.69) is 28.1 Å². The maximum absolute atomic E-state index is 12.6. The third-order valence-electron chi connectivity index (χ3n) is 6.31. The van der Waals surface area contributed by atoms with E-state index in [0.29, 0.717) is 18.8 Å². The first-order valence-electron chi connectivity index (χ1n) is 9.86. The van der Waals surface area contributed by atoms with Gasteiger partial charge in [0.25, 0.3) is 5.91 Å². The van der Waals surface area contributed by atoms with E-state index in [1.807, 2.05) is 17.0 Å². The average molecular weight is 347 g/mol. The zero-order valence-electron chi connectivity index (χ0n) is 15.2. The lowest BCUT2D eigenvalue weighted by Gasteiger charge is -2.36.